The smallest absolute Gasteiger partial charge is 0.237 e. The summed E-state index contributed by atoms with van der Waals surface area (Å²) in [5.74, 6) is -0.712. The number of amides is 1. The highest BCUT2D eigenvalue weighted by atomic mass is 32.2. The van der Waals surface area contributed by atoms with Crippen LogP contribution in [0.15, 0.2) is 18.2 Å². The van der Waals surface area contributed by atoms with Gasteiger partial charge in [-0.2, -0.15) is 0 Å². The van der Waals surface area contributed by atoms with Crippen LogP contribution in [0.4, 0.5) is 15.8 Å². The number of thioether (sulfide) groups is 1. The van der Waals surface area contributed by atoms with Crippen LogP contribution in [-0.2, 0) is 4.79 Å². The van der Waals surface area contributed by atoms with Crippen LogP contribution in [0.25, 0.3) is 0 Å². The maximum atomic E-state index is 12.9. The van der Waals surface area contributed by atoms with Crippen LogP contribution in [0.5, 0.6) is 0 Å². The minimum Gasteiger partial charge on any atom is -0.396 e. The number of halogens is 1. The maximum Gasteiger partial charge on any atom is 0.237 e. The van der Waals surface area contributed by atoms with Crippen LogP contribution in [0.2, 0.25) is 0 Å². The lowest BCUT2D eigenvalue weighted by Gasteiger charge is -2.15. The maximum absolute atomic E-state index is 12.9. The fourth-order valence-corrected chi connectivity index (χ4v) is 2.28. The lowest BCUT2D eigenvalue weighted by Crippen LogP contribution is -2.25. The zero-order chi connectivity index (χ0) is 13.7. The van der Waals surface area contributed by atoms with Gasteiger partial charge in [0, 0.05) is 10.9 Å². The van der Waals surface area contributed by atoms with Gasteiger partial charge in [-0.05, 0) is 25.1 Å². The number of hydrogen-bond acceptors (Lipinski definition) is 4. The van der Waals surface area contributed by atoms with Crippen LogP contribution in [0, 0.1) is 5.82 Å². The summed E-state index contributed by atoms with van der Waals surface area (Å²) in [7, 11) is 0. The Bertz CT molecular complexity index is 429. The Morgan fingerprint density at radius 1 is 1.56 bits per heavy atom. The average Bonchev–Trinajstić information content (AvgIpc) is 2.33. The van der Waals surface area contributed by atoms with E-state index in [-0.39, 0.29) is 28.7 Å². The topological polar surface area (TPSA) is 75.3 Å². The first kappa shape index (κ1) is 14.8. The third-order valence-electron chi connectivity index (χ3n) is 2.33. The van der Waals surface area contributed by atoms with Crippen molar-refractivity contribution in [3.05, 3.63) is 24.0 Å². The number of carbonyl (C=O) groups is 1. The van der Waals surface area contributed by atoms with Crippen molar-refractivity contribution in [2.75, 3.05) is 17.7 Å². The Kier molecular flexibility index (Phi) is 5.43. The van der Waals surface area contributed by atoms with E-state index in [0.717, 1.165) is 0 Å². The molecular formula is C12H17FN2O2S. The highest BCUT2D eigenvalue weighted by Gasteiger charge is 2.16. The summed E-state index contributed by atoms with van der Waals surface area (Å²) in [5, 5.41) is 11.2. The number of rotatable bonds is 5. The van der Waals surface area contributed by atoms with Crippen LogP contribution >= 0.6 is 11.8 Å². The molecule has 0 aliphatic heterocycles. The summed E-state index contributed by atoms with van der Waals surface area (Å²) in [6.45, 7) is 3.61. The molecule has 0 aliphatic carbocycles. The zero-order valence-electron chi connectivity index (χ0n) is 10.3. The van der Waals surface area contributed by atoms with E-state index in [9.17, 15) is 9.18 Å². The monoisotopic (exact) mass is 272 g/mol. The standard InChI is InChI=1S/C12H17FN2O2S/c1-7(6-16)18-8(2)12(17)15-9-3-4-10(13)11(14)5-9/h3-5,7-8,16H,6,14H2,1-2H3,(H,15,17). The number of nitrogen functional groups attached to an aromatic ring is 1. The molecule has 0 saturated carbocycles. The lowest BCUT2D eigenvalue weighted by molar-refractivity contribution is -0.115. The Balaban J connectivity index is 2.61. The van der Waals surface area contributed by atoms with Crippen molar-refractivity contribution in [2.24, 2.45) is 0 Å². The molecule has 1 amide bonds. The average molecular weight is 272 g/mol. The van der Waals surface area contributed by atoms with Gasteiger partial charge in [-0.25, -0.2) is 4.39 Å². The minimum atomic E-state index is -0.510. The highest BCUT2D eigenvalue weighted by Crippen LogP contribution is 2.20. The van der Waals surface area contributed by atoms with Crippen LogP contribution in [-0.4, -0.2) is 28.1 Å². The summed E-state index contributed by atoms with van der Waals surface area (Å²) < 4.78 is 12.9. The molecule has 18 heavy (non-hydrogen) atoms. The largest absolute Gasteiger partial charge is 0.396 e. The van der Waals surface area contributed by atoms with Gasteiger partial charge in [0.15, 0.2) is 0 Å². The predicted molar refractivity (Wildman–Crippen MR) is 73.0 cm³/mol. The van der Waals surface area contributed by atoms with E-state index < -0.39 is 5.82 Å². The summed E-state index contributed by atoms with van der Waals surface area (Å²) in [4.78, 5) is 11.8. The van der Waals surface area contributed by atoms with Gasteiger partial charge in [-0.1, -0.05) is 6.92 Å². The van der Waals surface area contributed by atoms with E-state index in [1.54, 1.807) is 6.92 Å². The molecule has 0 fully saturated rings. The van der Waals surface area contributed by atoms with E-state index in [1.807, 2.05) is 6.92 Å². The van der Waals surface area contributed by atoms with Gasteiger partial charge in [0.2, 0.25) is 5.91 Å². The molecule has 0 heterocycles. The Hall–Kier alpha value is -1.27. The molecule has 1 aromatic rings. The number of hydrogen-bond donors (Lipinski definition) is 3. The SMILES string of the molecule is CC(CO)SC(C)C(=O)Nc1ccc(F)c(N)c1. The van der Waals surface area contributed by atoms with E-state index in [2.05, 4.69) is 5.32 Å². The van der Waals surface area contributed by atoms with Gasteiger partial charge in [0.1, 0.15) is 5.82 Å². The van der Waals surface area contributed by atoms with Gasteiger partial charge in [-0.15, -0.1) is 11.8 Å². The van der Waals surface area contributed by atoms with E-state index in [0.29, 0.717) is 5.69 Å². The van der Waals surface area contributed by atoms with E-state index in [4.69, 9.17) is 10.8 Å². The molecule has 1 rings (SSSR count). The molecular weight excluding hydrogens is 255 g/mol. The van der Waals surface area contributed by atoms with Gasteiger partial charge < -0.3 is 16.2 Å². The lowest BCUT2D eigenvalue weighted by atomic mass is 10.2. The molecule has 0 saturated heterocycles. The van der Waals surface area contributed by atoms with Crippen LogP contribution in [0.3, 0.4) is 0 Å². The predicted octanol–water partition coefficient (Wildman–Crippen LogP) is 1.85. The number of aliphatic hydroxyl groups is 1. The zero-order valence-corrected chi connectivity index (χ0v) is 11.1. The second kappa shape index (κ2) is 6.61. The molecule has 0 bridgehead atoms. The highest BCUT2D eigenvalue weighted by molar-refractivity contribution is 8.01. The number of benzene rings is 1. The van der Waals surface area contributed by atoms with E-state index in [1.165, 1.54) is 30.0 Å². The second-order valence-electron chi connectivity index (χ2n) is 4.00. The van der Waals surface area contributed by atoms with Gasteiger partial charge in [0.25, 0.3) is 0 Å². The summed E-state index contributed by atoms with van der Waals surface area (Å²) >= 11 is 1.37. The van der Waals surface area contributed by atoms with Crippen molar-refractivity contribution in [2.45, 2.75) is 24.3 Å². The molecule has 4 N–H and O–H groups in total. The third-order valence-corrected chi connectivity index (χ3v) is 3.56. The van der Waals surface area contributed by atoms with Gasteiger partial charge >= 0.3 is 0 Å². The number of nitrogens with one attached hydrogen (secondary N) is 1. The molecule has 4 nitrogen and oxygen atoms in total. The molecule has 6 heteroatoms. The van der Waals surface area contributed by atoms with Crippen molar-refractivity contribution in [1.29, 1.82) is 0 Å². The first-order valence-corrected chi connectivity index (χ1v) is 6.50. The fourth-order valence-electron chi connectivity index (χ4n) is 1.32. The van der Waals surface area contributed by atoms with Crippen molar-refractivity contribution in [3.63, 3.8) is 0 Å². The Morgan fingerprint density at radius 3 is 2.78 bits per heavy atom. The van der Waals surface area contributed by atoms with Gasteiger partial charge in [-0.3, -0.25) is 4.79 Å². The second-order valence-corrected chi connectivity index (χ2v) is 5.78. The molecule has 0 aromatic heterocycles. The molecule has 2 unspecified atom stereocenters. The summed E-state index contributed by atoms with van der Waals surface area (Å²) in [6, 6.07) is 4.04. The van der Waals surface area contributed by atoms with Crippen molar-refractivity contribution >= 4 is 29.0 Å². The van der Waals surface area contributed by atoms with Crippen molar-refractivity contribution < 1.29 is 14.3 Å². The minimum absolute atomic E-state index is 0.00293. The molecule has 1 aromatic carbocycles. The molecule has 0 spiro atoms. The Morgan fingerprint density at radius 2 is 2.22 bits per heavy atom. The van der Waals surface area contributed by atoms with E-state index >= 15 is 0 Å². The first-order chi connectivity index (χ1) is 8.43. The molecule has 0 radical (unpaired) electrons. The molecule has 0 aliphatic rings. The van der Waals surface area contributed by atoms with Gasteiger partial charge in [0.05, 0.1) is 17.5 Å². The summed E-state index contributed by atoms with van der Waals surface area (Å²) in [6.07, 6.45) is 0. The number of aliphatic hydroxyl groups excluding tert-OH is 1. The van der Waals surface area contributed by atoms with Crippen LogP contribution < -0.4 is 11.1 Å². The fraction of sp³-hybridized carbons (Fsp3) is 0.417. The van der Waals surface area contributed by atoms with Crippen molar-refractivity contribution in [1.82, 2.24) is 0 Å². The first-order valence-electron chi connectivity index (χ1n) is 5.56. The quantitative estimate of drug-likeness (QED) is 0.715. The number of anilines is 2. The Labute approximate surface area is 110 Å². The summed E-state index contributed by atoms with van der Waals surface area (Å²) in [5.41, 5.74) is 5.87. The molecule has 2 atom stereocenters. The van der Waals surface area contributed by atoms with Crippen LogP contribution in [0.1, 0.15) is 13.8 Å². The molecule has 100 valence electrons. The van der Waals surface area contributed by atoms with Crippen molar-refractivity contribution in [3.8, 4) is 0 Å². The normalized spacial score (nSPS) is 14.0. The third kappa shape index (κ3) is 4.19. The number of carbonyl (C=O) groups excluding carboxylic acids is 1. The number of nitrogens with two attached hydrogens (primary N) is 1.